The number of methoxy groups -OCH3 is 1. The van der Waals surface area contributed by atoms with Gasteiger partial charge in [0.1, 0.15) is 34.5 Å². The van der Waals surface area contributed by atoms with Crippen LogP contribution in [0.2, 0.25) is 0 Å². The van der Waals surface area contributed by atoms with Gasteiger partial charge in [0, 0.05) is 87.3 Å². The van der Waals surface area contributed by atoms with Crippen molar-refractivity contribution in [1.82, 2.24) is 39.9 Å². The van der Waals surface area contributed by atoms with Gasteiger partial charge in [-0.3, -0.25) is 23.2 Å². The van der Waals surface area contributed by atoms with Gasteiger partial charge in [0.15, 0.2) is 0 Å². The van der Waals surface area contributed by atoms with Crippen molar-refractivity contribution in [3.63, 3.8) is 0 Å². The average Bonchev–Trinajstić information content (AvgIpc) is 2.01. The number of carbonyl (C=O) groups is 3. The molecule has 0 spiro atoms. The van der Waals surface area contributed by atoms with Crippen molar-refractivity contribution >= 4 is 87.3 Å². The van der Waals surface area contributed by atoms with Gasteiger partial charge in [-0.1, -0.05) is 0 Å². The van der Waals surface area contributed by atoms with E-state index < -0.39 is 46.9 Å². The number of piperazine rings is 3. The monoisotopic (exact) mass is 1310 g/mol. The molecule has 0 radical (unpaired) electrons. The molecular weight excluding hydrogens is 1220 g/mol. The van der Waals surface area contributed by atoms with Crippen LogP contribution in [-0.2, 0) is 35.5 Å². The van der Waals surface area contributed by atoms with E-state index in [-0.39, 0.29) is 109 Å². The standard InChI is InChI=1S/C29H41N7O6S2.C12H23BF2N2O2.C11H22N2O2.CH2BClF3.FH.K/c1-28(2,3)42-27(37)35-8-9-36(29(4,5)18-35)16-20-17-43-24-22(31-26(32-23(20)24)34-10-12-41-13-11-34)19-14-21(33-44(7,38)39)25(40-6)30-15-19;1-11(2,3)19-10(18)16-6-7-17(9-13(14)15)12(4,5)8-16;1-10(2,3)15-9(14)13-7-6-12-11(4,5)8-13;3-1-2(4,5)6;;/h14-15,17,33H,8-13,16,18H2,1-7H3;6-9H2,1-5H3;12H,6-8H2,1-5H3;1H2;1H;/q;;;-1;;+1. The fourth-order valence-corrected chi connectivity index (χ4v) is 10.9. The van der Waals surface area contributed by atoms with E-state index in [4.69, 9.17) is 33.7 Å². The molecule has 4 fully saturated rings. The second-order valence-electron chi connectivity index (χ2n) is 26.0. The van der Waals surface area contributed by atoms with Crippen molar-refractivity contribution in [3.05, 3.63) is 23.2 Å². The number of thiophene rings is 1. The van der Waals surface area contributed by atoms with E-state index in [1.54, 1.807) is 38.3 Å². The summed E-state index contributed by atoms with van der Waals surface area (Å²) in [6, 6.07) is 1.69. The summed E-state index contributed by atoms with van der Waals surface area (Å²) in [7, 11) is -4.46. The molecule has 21 nitrogen and oxygen atoms in total. The summed E-state index contributed by atoms with van der Waals surface area (Å²) >= 11 is 5.92. The van der Waals surface area contributed by atoms with Crippen LogP contribution < -0.4 is 80.7 Å². The van der Waals surface area contributed by atoms with Crippen molar-refractivity contribution in [1.29, 1.82) is 0 Å². The van der Waals surface area contributed by atoms with E-state index in [1.807, 2.05) is 76.2 Å². The summed E-state index contributed by atoms with van der Waals surface area (Å²) < 4.78 is 112. The fraction of sp³-hybridized carbons (Fsp3) is 0.736. The molecule has 3 N–H and O–H groups in total. The van der Waals surface area contributed by atoms with E-state index in [0.717, 1.165) is 40.0 Å². The number of pyridine rings is 1. The van der Waals surface area contributed by atoms with Crippen LogP contribution in [-0.4, -0.2) is 220 Å². The third-order valence-corrected chi connectivity index (χ3v) is 15.1. The topological polar surface area (TPSA) is 215 Å². The Morgan fingerprint density at radius 2 is 1.36 bits per heavy atom. The Morgan fingerprint density at radius 1 is 0.837 bits per heavy atom. The molecule has 4 aliphatic heterocycles. The summed E-state index contributed by atoms with van der Waals surface area (Å²) in [5.74, 6) is -0.449. The van der Waals surface area contributed by atoms with Gasteiger partial charge in [-0.25, -0.2) is 37.8 Å². The van der Waals surface area contributed by atoms with Gasteiger partial charge in [0.2, 0.25) is 21.9 Å². The zero-order valence-electron chi connectivity index (χ0n) is 53.3. The number of hydrogen-bond donors (Lipinski definition) is 3. The molecule has 1 atom stereocenters. The van der Waals surface area contributed by atoms with Crippen LogP contribution in [0.5, 0.6) is 5.88 Å². The molecule has 0 saturated carbocycles. The van der Waals surface area contributed by atoms with Gasteiger partial charge in [0.25, 0.3) is 0 Å². The molecule has 4 saturated heterocycles. The minimum atomic E-state index is -4.72. The van der Waals surface area contributed by atoms with Gasteiger partial charge in [-0.15, -0.1) is 11.3 Å². The summed E-state index contributed by atoms with van der Waals surface area (Å²) in [5, 5.41) is 5.46. The smallest absolute Gasteiger partial charge is 1.00 e. The third kappa shape index (κ3) is 26.3. The van der Waals surface area contributed by atoms with E-state index in [9.17, 15) is 44.4 Å². The first kappa shape index (κ1) is 78.9. The normalized spacial score (nSPS) is 18.8. The number of carbonyl (C=O) groups excluding carboxylic acids is 3. The van der Waals surface area contributed by atoms with Crippen molar-refractivity contribution < 1.29 is 129 Å². The number of amides is 3. The molecular formula is C53H89B2ClF6KN11O10S2. The SMILES string of the molecule is CC(C)(C)OC(=O)N1CC[NH+](CB(F)F)C(C)(C)C1.CC1(C)CN(C(=O)OC(C)(C)C)CCN1.COc1ncc(-c2nc(N3CCOCC3)nc3c(CN4CCN(C(=O)OC(C)(C)C)CC4(C)C)csc23)cc1NS(C)(=O)=O.F[B-](F)(F)CCl.[F-].[K+]. The van der Waals surface area contributed by atoms with E-state index in [1.165, 1.54) is 7.11 Å². The number of aromatic nitrogens is 3. The Balaban J connectivity index is 0.000000493. The minimum Gasteiger partial charge on any atom is -1.00 e. The zero-order valence-corrected chi connectivity index (χ0v) is 58.8. The van der Waals surface area contributed by atoms with Crippen LogP contribution in [0.3, 0.4) is 0 Å². The van der Waals surface area contributed by atoms with E-state index in [0.29, 0.717) is 95.9 Å². The van der Waals surface area contributed by atoms with E-state index in [2.05, 4.69) is 69.5 Å². The first-order chi connectivity index (χ1) is 38.4. The van der Waals surface area contributed by atoms with Gasteiger partial charge in [-0.2, -0.15) is 11.6 Å². The summed E-state index contributed by atoms with van der Waals surface area (Å²) in [6.45, 7) is 32.8. The molecule has 484 valence electrons. The number of morpholine rings is 1. The molecule has 0 aliphatic carbocycles. The van der Waals surface area contributed by atoms with Crippen LogP contribution in [0, 0.1) is 0 Å². The summed E-state index contributed by atoms with van der Waals surface area (Å²) in [6.07, 6.45) is 1.68. The predicted molar refractivity (Wildman–Crippen MR) is 321 cm³/mol. The number of fused-ring (bicyclic) bond motifs is 1. The Labute approximate surface area is 556 Å². The van der Waals surface area contributed by atoms with Crippen LogP contribution in [0.25, 0.3) is 21.5 Å². The predicted octanol–water partition coefficient (Wildman–Crippen LogP) is 1.89. The number of anilines is 2. The molecule has 3 amide bonds. The van der Waals surface area contributed by atoms with Crippen LogP contribution in [0.15, 0.2) is 17.6 Å². The molecule has 3 aromatic heterocycles. The van der Waals surface area contributed by atoms with Crippen LogP contribution in [0.4, 0.5) is 47.6 Å². The first-order valence-corrected chi connectivity index (χ1v) is 31.2. The largest absolute Gasteiger partial charge is 1.00 e. The Bertz CT molecular complexity index is 2810. The van der Waals surface area contributed by atoms with Gasteiger partial charge >= 0.3 is 83.9 Å². The molecule has 4 aliphatic rings. The molecule has 1 unspecified atom stereocenters. The van der Waals surface area contributed by atoms with Crippen LogP contribution >= 0.6 is 22.9 Å². The summed E-state index contributed by atoms with van der Waals surface area (Å²) in [5.41, 5.74) is 1.21. The number of halogens is 7. The van der Waals surface area contributed by atoms with Gasteiger partial charge < -0.3 is 66.3 Å². The maximum absolute atomic E-state index is 12.8. The molecule has 7 rings (SSSR count). The Hall–Kier alpha value is -3.17. The quantitative estimate of drug-likeness (QED) is 0.114. The van der Waals surface area contributed by atoms with Gasteiger partial charge in [0.05, 0.1) is 62.1 Å². The second kappa shape index (κ2) is 32.2. The van der Waals surface area contributed by atoms with Crippen molar-refractivity contribution in [2.45, 2.75) is 144 Å². The molecule has 86 heavy (non-hydrogen) atoms. The second-order valence-corrected chi connectivity index (χ2v) is 28.9. The number of sulfonamides is 1. The number of hydrogen-bond acceptors (Lipinski definition) is 17. The number of rotatable bonds is 10. The number of nitrogens with zero attached hydrogens (tertiary/aromatic N) is 8. The number of nitrogens with one attached hydrogen (secondary N) is 3. The first-order valence-electron chi connectivity index (χ1n) is 27.9. The maximum Gasteiger partial charge on any atom is 1.00 e. The number of quaternary nitrogens is 1. The molecule has 0 bridgehead atoms. The molecule has 0 aromatic carbocycles. The fourth-order valence-electron chi connectivity index (χ4n) is 9.30. The number of ether oxygens (including phenoxy) is 5. The van der Waals surface area contributed by atoms with Crippen molar-refractivity contribution in [2.24, 2.45) is 0 Å². The van der Waals surface area contributed by atoms with Gasteiger partial charge in [-0.05, 0) is 121 Å². The molecule has 33 heteroatoms. The zero-order chi connectivity index (χ0) is 63.6. The number of alkyl halides is 1. The molecule has 7 heterocycles. The minimum absolute atomic E-state index is 0. The Kier molecular flexibility index (Phi) is 29.6. The Morgan fingerprint density at radius 3 is 1.81 bits per heavy atom. The summed E-state index contributed by atoms with van der Waals surface area (Å²) in [4.78, 5) is 61.4. The third-order valence-electron chi connectivity index (χ3n) is 13.1. The van der Waals surface area contributed by atoms with Crippen LogP contribution in [0.1, 0.15) is 109 Å². The molecule has 3 aromatic rings. The van der Waals surface area contributed by atoms with E-state index >= 15 is 0 Å². The average molecular weight is 1310 g/mol. The van der Waals surface area contributed by atoms with Crippen molar-refractivity contribution in [3.8, 4) is 17.1 Å². The maximum atomic E-state index is 12.8. The van der Waals surface area contributed by atoms with Crippen molar-refractivity contribution in [2.75, 3.05) is 120 Å².